The maximum absolute atomic E-state index is 5.80. The van der Waals surface area contributed by atoms with Crippen LogP contribution in [0.4, 0.5) is 5.69 Å². The summed E-state index contributed by atoms with van der Waals surface area (Å²) in [6.45, 7) is 12.1. The normalized spacial score (nSPS) is 17.2. The fraction of sp³-hybridized carbons (Fsp3) is 0.600. The van der Waals surface area contributed by atoms with Gasteiger partial charge in [-0.15, -0.1) is 11.6 Å². The Labute approximate surface area is 116 Å². The van der Waals surface area contributed by atoms with Crippen LogP contribution < -0.4 is 4.90 Å². The molecule has 0 aliphatic carbocycles. The average Bonchev–Trinajstić information content (AvgIpc) is 2.30. The summed E-state index contributed by atoms with van der Waals surface area (Å²) in [5.74, 6) is 0.739. The third-order valence-electron chi connectivity index (χ3n) is 3.72. The second-order valence-electron chi connectivity index (χ2n) is 5.26. The number of anilines is 1. The van der Waals surface area contributed by atoms with E-state index in [0.717, 1.165) is 38.6 Å². The average molecular weight is 267 g/mol. The molecular weight excluding hydrogens is 244 g/mol. The van der Waals surface area contributed by atoms with Gasteiger partial charge in [-0.05, 0) is 31.9 Å². The molecule has 0 N–H and O–H groups in total. The van der Waals surface area contributed by atoms with Crippen molar-refractivity contribution in [3.8, 4) is 0 Å². The van der Waals surface area contributed by atoms with Crippen molar-refractivity contribution in [2.24, 2.45) is 0 Å². The lowest BCUT2D eigenvalue weighted by Crippen LogP contribution is -2.47. The van der Waals surface area contributed by atoms with Gasteiger partial charge < -0.3 is 4.90 Å². The van der Waals surface area contributed by atoms with Crippen LogP contribution in [0.1, 0.15) is 16.7 Å². The van der Waals surface area contributed by atoms with Crippen LogP contribution in [-0.2, 0) is 0 Å². The van der Waals surface area contributed by atoms with Gasteiger partial charge in [0.2, 0.25) is 0 Å². The highest BCUT2D eigenvalue weighted by molar-refractivity contribution is 6.18. The van der Waals surface area contributed by atoms with E-state index in [1.807, 2.05) is 0 Å². The highest BCUT2D eigenvalue weighted by atomic mass is 35.5. The van der Waals surface area contributed by atoms with E-state index in [1.165, 1.54) is 22.4 Å². The van der Waals surface area contributed by atoms with Crippen molar-refractivity contribution in [1.82, 2.24) is 4.90 Å². The van der Waals surface area contributed by atoms with E-state index in [4.69, 9.17) is 11.6 Å². The molecule has 0 radical (unpaired) electrons. The van der Waals surface area contributed by atoms with E-state index in [2.05, 4.69) is 42.7 Å². The second kappa shape index (κ2) is 5.94. The fourth-order valence-electron chi connectivity index (χ4n) is 2.99. The molecule has 0 bridgehead atoms. The second-order valence-corrected chi connectivity index (χ2v) is 5.64. The molecule has 2 rings (SSSR count). The number of alkyl halides is 1. The number of hydrogen-bond acceptors (Lipinski definition) is 2. The molecule has 18 heavy (non-hydrogen) atoms. The van der Waals surface area contributed by atoms with Crippen LogP contribution >= 0.6 is 11.6 Å². The molecule has 1 aromatic carbocycles. The minimum atomic E-state index is 0.739. The molecule has 0 atom stereocenters. The quantitative estimate of drug-likeness (QED) is 0.776. The minimum Gasteiger partial charge on any atom is -0.369 e. The number of halogens is 1. The molecule has 1 fully saturated rings. The molecule has 2 nitrogen and oxygen atoms in total. The molecule has 0 unspecified atom stereocenters. The van der Waals surface area contributed by atoms with Gasteiger partial charge in [0.15, 0.2) is 0 Å². The van der Waals surface area contributed by atoms with E-state index in [1.54, 1.807) is 0 Å². The van der Waals surface area contributed by atoms with Crippen molar-refractivity contribution in [3.05, 3.63) is 28.8 Å². The lowest BCUT2D eigenvalue weighted by atomic mass is 10.0. The molecule has 1 aliphatic rings. The Morgan fingerprint density at radius 1 is 1.00 bits per heavy atom. The van der Waals surface area contributed by atoms with Crippen LogP contribution in [0.3, 0.4) is 0 Å². The first-order valence-electron chi connectivity index (χ1n) is 6.73. The Hall–Kier alpha value is -0.730. The molecule has 1 heterocycles. The molecule has 100 valence electrons. The van der Waals surface area contributed by atoms with Gasteiger partial charge >= 0.3 is 0 Å². The largest absolute Gasteiger partial charge is 0.369 e. The molecule has 1 saturated heterocycles. The third-order valence-corrected chi connectivity index (χ3v) is 3.89. The first kappa shape index (κ1) is 13.7. The number of nitrogens with zero attached hydrogens (tertiary/aromatic N) is 2. The van der Waals surface area contributed by atoms with Gasteiger partial charge in [-0.3, -0.25) is 4.90 Å². The van der Waals surface area contributed by atoms with E-state index in [0.29, 0.717) is 0 Å². The zero-order chi connectivity index (χ0) is 13.1. The smallest absolute Gasteiger partial charge is 0.0426 e. The molecule has 3 heteroatoms. The third kappa shape index (κ3) is 2.99. The Morgan fingerprint density at radius 2 is 1.56 bits per heavy atom. The van der Waals surface area contributed by atoms with Gasteiger partial charge in [-0.1, -0.05) is 17.7 Å². The SMILES string of the molecule is Cc1cc(C)c(N2CCN(CCCl)CC2)c(C)c1. The highest BCUT2D eigenvalue weighted by Crippen LogP contribution is 2.27. The number of rotatable bonds is 3. The van der Waals surface area contributed by atoms with Gasteiger partial charge in [0.05, 0.1) is 0 Å². The summed E-state index contributed by atoms with van der Waals surface area (Å²) in [5.41, 5.74) is 5.59. The van der Waals surface area contributed by atoms with E-state index < -0.39 is 0 Å². The van der Waals surface area contributed by atoms with Crippen molar-refractivity contribution >= 4 is 17.3 Å². The van der Waals surface area contributed by atoms with Crippen molar-refractivity contribution in [2.45, 2.75) is 20.8 Å². The number of piperazine rings is 1. The fourth-order valence-corrected chi connectivity index (χ4v) is 3.22. The van der Waals surface area contributed by atoms with Crippen molar-refractivity contribution < 1.29 is 0 Å². The summed E-state index contributed by atoms with van der Waals surface area (Å²) in [6, 6.07) is 4.57. The first-order chi connectivity index (χ1) is 8.61. The van der Waals surface area contributed by atoms with Gasteiger partial charge in [-0.2, -0.15) is 0 Å². The Balaban J connectivity index is 2.10. The predicted octanol–water partition coefficient (Wildman–Crippen LogP) is 2.97. The van der Waals surface area contributed by atoms with Crippen LogP contribution in [0.15, 0.2) is 12.1 Å². The van der Waals surface area contributed by atoms with Crippen LogP contribution in [0, 0.1) is 20.8 Å². The molecule has 0 spiro atoms. The maximum atomic E-state index is 5.80. The zero-order valence-corrected chi connectivity index (χ0v) is 12.4. The first-order valence-corrected chi connectivity index (χ1v) is 7.26. The Morgan fingerprint density at radius 3 is 2.06 bits per heavy atom. The summed E-state index contributed by atoms with van der Waals surface area (Å²) in [6.07, 6.45) is 0. The molecule has 1 aromatic rings. The van der Waals surface area contributed by atoms with Crippen molar-refractivity contribution in [3.63, 3.8) is 0 Å². The van der Waals surface area contributed by atoms with E-state index in [-0.39, 0.29) is 0 Å². The predicted molar refractivity (Wildman–Crippen MR) is 80.0 cm³/mol. The summed E-state index contributed by atoms with van der Waals surface area (Å²) in [4.78, 5) is 4.97. The van der Waals surface area contributed by atoms with Crippen LogP contribution in [-0.4, -0.2) is 43.5 Å². The van der Waals surface area contributed by atoms with E-state index in [9.17, 15) is 0 Å². The standard InChI is InChI=1S/C15H23ClN2/c1-12-10-13(2)15(14(3)11-12)18-8-6-17(5-4-16)7-9-18/h10-11H,4-9H2,1-3H3. The number of hydrogen-bond donors (Lipinski definition) is 0. The van der Waals surface area contributed by atoms with Gasteiger partial charge in [0.25, 0.3) is 0 Å². The monoisotopic (exact) mass is 266 g/mol. The van der Waals surface area contributed by atoms with Crippen molar-refractivity contribution in [1.29, 1.82) is 0 Å². The Bertz CT molecular complexity index is 386. The molecule has 0 amide bonds. The molecule has 0 saturated carbocycles. The lowest BCUT2D eigenvalue weighted by molar-refractivity contribution is 0.272. The number of benzene rings is 1. The van der Waals surface area contributed by atoms with Crippen LogP contribution in [0.5, 0.6) is 0 Å². The van der Waals surface area contributed by atoms with Gasteiger partial charge in [0, 0.05) is 44.3 Å². The molecule has 0 aromatic heterocycles. The highest BCUT2D eigenvalue weighted by Gasteiger charge is 2.19. The summed E-state index contributed by atoms with van der Waals surface area (Å²) >= 11 is 5.80. The topological polar surface area (TPSA) is 6.48 Å². The van der Waals surface area contributed by atoms with Crippen molar-refractivity contribution in [2.75, 3.05) is 43.5 Å². The Kier molecular flexibility index (Phi) is 4.52. The van der Waals surface area contributed by atoms with Gasteiger partial charge in [-0.25, -0.2) is 0 Å². The number of aryl methyl sites for hydroxylation is 3. The maximum Gasteiger partial charge on any atom is 0.0426 e. The summed E-state index contributed by atoms with van der Waals surface area (Å²) in [7, 11) is 0. The molecular formula is C15H23ClN2. The summed E-state index contributed by atoms with van der Waals surface area (Å²) in [5, 5.41) is 0. The minimum absolute atomic E-state index is 0.739. The summed E-state index contributed by atoms with van der Waals surface area (Å²) < 4.78 is 0. The molecule has 1 aliphatic heterocycles. The van der Waals surface area contributed by atoms with Crippen LogP contribution in [0.2, 0.25) is 0 Å². The zero-order valence-electron chi connectivity index (χ0n) is 11.7. The van der Waals surface area contributed by atoms with E-state index >= 15 is 0 Å². The van der Waals surface area contributed by atoms with Crippen LogP contribution in [0.25, 0.3) is 0 Å². The lowest BCUT2D eigenvalue weighted by Gasteiger charge is -2.37. The van der Waals surface area contributed by atoms with Gasteiger partial charge in [0.1, 0.15) is 0 Å².